The van der Waals surface area contributed by atoms with Crippen LogP contribution in [0.1, 0.15) is 32.1 Å². The zero-order valence-electron chi connectivity index (χ0n) is 12.2. The Morgan fingerprint density at radius 1 is 1.36 bits per heavy atom. The number of anilines is 1. The summed E-state index contributed by atoms with van der Waals surface area (Å²) in [5, 5.41) is 5.48. The normalized spacial score (nSPS) is 19.5. The molecule has 1 spiro atoms. The molecule has 0 unspecified atom stereocenters. The number of pyridine rings is 1. The number of hydrogen-bond acceptors (Lipinski definition) is 4. The average Bonchev–Trinajstić information content (AvgIpc) is 3.06. The number of rotatable bonds is 4. The van der Waals surface area contributed by atoms with E-state index in [-0.39, 0.29) is 30.8 Å². The van der Waals surface area contributed by atoms with Gasteiger partial charge in [0.05, 0.1) is 11.9 Å². The van der Waals surface area contributed by atoms with Crippen LogP contribution in [0.2, 0.25) is 0 Å². The molecule has 7 heteroatoms. The molecule has 1 aromatic rings. The lowest BCUT2D eigenvalue weighted by molar-refractivity contribution is -0.131. The maximum atomic E-state index is 12.4. The second-order valence-electron chi connectivity index (χ2n) is 5.72. The Kier molecular flexibility index (Phi) is 3.79. The standard InChI is InChI=1S/C15H18N4O3/c20-12(17-11-4-3-8-16-10-11)5-9-19-13(21)15(18-14(19)22)6-1-2-7-15/h3-4,8,10H,1-2,5-7,9H2,(H,17,20)(H,18,22). The maximum Gasteiger partial charge on any atom is 0.325 e. The SMILES string of the molecule is O=C(CCN1C(=O)NC2(CCCC2)C1=O)Nc1cccnc1. The van der Waals surface area contributed by atoms with Crippen molar-refractivity contribution in [2.45, 2.75) is 37.6 Å². The fraction of sp³-hybridized carbons (Fsp3) is 0.467. The summed E-state index contributed by atoms with van der Waals surface area (Å²) in [5.74, 6) is -0.440. The summed E-state index contributed by atoms with van der Waals surface area (Å²) in [7, 11) is 0. The van der Waals surface area contributed by atoms with Crippen molar-refractivity contribution in [2.24, 2.45) is 0 Å². The van der Waals surface area contributed by atoms with Gasteiger partial charge >= 0.3 is 6.03 Å². The van der Waals surface area contributed by atoms with Crippen molar-refractivity contribution < 1.29 is 14.4 Å². The van der Waals surface area contributed by atoms with Crippen LogP contribution in [0.5, 0.6) is 0 Å². The van der Waals surface area contributed by atoms with Gasteiger partial charge in [-0.25, -0.2) is 4.79 Å². The third kappa shape index (κ3) is 2.66. The molecule has 1 saturated heterocycles. The summed E-state index contributed by atoms with van der Waals surface area (Å²) in [6.45, 7) is 0.0957. The molecule has 2 heterocycles. The van der Waals surface area contributed by atoms with E-state index in [0.29, 0.717) is 18.5 Å². The van der Waals surface area contributed by atoms with E-state index < -0.39 is 5.54 Å². The van der Waals surface area contributed by atoms with Crippen molar-refractivity contribution >= 4 is 23.5 Å². The van der Waals surface area contributed by atoms with Gasteiger partial charge in [-0.05, 0) is 25.0 Å². The van der Waals surface area contributed by atoms with E-state index in [1.807, 2.05) is 0 Å². The highest BCUT2D eigenvalue weighted by Crippen LogP contribution is 2.34. The number of amides is 4. The molecule has 2 fully saturated rings. The Balaban J connectivity index is 1.56. The lowest BCUT2D eigenvalue weighted by Gasteiger charge is -2.19. The molecule has 1 aromatic heterocycles. The second kappa shape index (κ2) is 5.75. The van der Waals surface area contributed by atoms with Gasteiger partial charge in [0.25, 0.3) is 5.91 Å². The summed E-state index contributed by atoms with van der Waals surface area (Å²) in [6.07, 6.45) is 6.50. The van der Waals surface area contributed by atoms with Crippen molar-refractivity contribution in [1.82, 2.24) is 15.2 Å². The van der Waals surface area contributed by atoms with Gasteiger partial charge in [-0.3, -0.25) is 19.5 Å². The van der Waals surface area contributed by atoms with E-state index in [1.54, 1.807) is 24.5 Å². The summed E-state index contributed by atoms with van der Waals surface area (Å²) < 4.78 is 0. The number of nitrogens with one attached hydrogen (secondary N) is 2. The topological polar surface area (TPSA) is 91.4 Å². The zero-order chi connectivity index (χ0) is 15.6. The van der Waals surface area contributed by atoms with Crippen LogP contribution in [0.25, 0.3) is 0 Å². The lowest BCUT2D eigenvalue weighted by atomic mass is 9.98. The van der Waals surface area contributed by atoms with E-state index in [4.69, 9.17) is 0 Å². The van der Waals surface area contributed by atoms with Crippen molar-refractivity contribution in [3.8, 4) is 0 Å². The predicted octanol–water partition coefficient (Wildman–Crippen LogP) is 1.27. The molecule has 7 nitrogen and oxygen atoms in total. The van der Waals surface area contributed by atoms with Crippen LogP contribution in [0.4, 0.5) is 10.5 Å². The molecule has 116 valence electrons. The molecule has 0 atom stereocenters. The number of carbonyl (C=O) groups excluding carboxylic acids is 3. The first-order chi connectivity index (χ1) is 10.6. The summed E-state index contributed by atoms with van der Waals surface area (Å²) in [5.41, 5.74) is -0.117. The molecule has 0 bridgehead atoms. The second-order valence-corrected chi connectivity index (χ2v) is 5.72. The van der Waals surface area contributed by atoms with Crippen LogP contribution in [0.15, 0.2) is 24.5 Å². The third-order valence-corrected chi connectivity index (χ3v) is 4.21. The first-order valence-corrected chi connectivity index (χ1v) is 7.45. The van der Waals surface area contributed by atoms with Crippen molar-refractivity contribution in [2.75, 3.05) is 11.9 Å². The molecular formula is C15H18N4O3. The van der Waals surface area contributed by atoms with Crippen LogP contribution in [-0.2, 0) is 9.59 Å². The number of hydrogen-bond donors (Lipinski definition) is 2. The summed E-state index contributed by atoms with van der Waals surface area (Å²) in [6, 6.07) is 3.06. The highest BCUT2D eigenvalue weighted by Gasteiger charge is 2.52. The van der Waals surface area contributed by atoms with E-state index in [1.165, 1.54) is 0 Å². The van der Waals surface area contributed by atoms with Crippen LogP contribution in [0.3, 0.4) is 0 Å². The van der Waals surface area contributed by atoms with Crippen molar-refractivity contribution in [1.29, 1.82) is 0 Å². The van der Waals surface area contributed by atoms with E-state index in [0.717, 1.165) is 17.7 Å². The monoisotopic (exact) mass is 302 g/mol. The Labute approximate surface area is 128 Å². The molecule has 3 rings (SSSR count). The molecule has 22 heavy (non-hydrogen) atoms. The number of carbonyl (C=O) groups is 3. The van der Waals surface area contributed by atoms with Crippen LogP contribution in [0, 0.1) is 0 Å². The fourth-order valence-corrected chi connectivity index (χ4v) is 3.07. The van der Waals surface area contributed by atoms with Gasteiger partial charge in [0.2, 0.25) is 5.91 Å². The zero-order valence-corrected chi connectivity index (χ0v) is 12.2. The van der Waals surface area contributed by atoms with Crippen LogP contribution in [-0.4, -0.2) is 39.8 Å². The van der Waals surface area contributed by atoms with Crippen molar-refractivity contribution in [3.63, 3.8) is 0 Å². The van der Waals surface area contributed by atoms with Gasteiger partial charge in [0.1, 0.15) is 5.54 Å². The number of nitrogens with zero attached hydrogens (tertiary/aromatic N) is 2. The molecule has 1 aliphatic carbocycles. The molecule has 0 radical (unpaired) electrons. The molecule has 1 aliphatic heterocycles. The van der Waals surface area contributed by atoms with Crippen LogP contribution < -0.4 is 10.6 Å². The van der Waals surface area contributed by atoms with E-state index in [9.17, 15) is 14.4 Å². The van der Waals surface area contributed by atoms with Crippen molar-refractivity contribution in [3.05, 3.63) is 24.5 Å². The van der Waals surface area contributed by atoms with E-state index >= 15 is 0 Å². The Hall–Kier alpha value is -2.44. The predicted molar refractivity (Wildman–Crippen MR) is 78.9 cm³/mol. The molecule has 4 amide bonds. The summed E-state index contributed by atoms with van der Waals surface area (Å²) >= 11 is 0. The number of aromatic nitrogens is 1. The van der Waals surface area contributed by atoms with Gasteiger partial charge < -0.3 is 10.6 Å². The largest absolute Gasteiger partial charge is 0.325 e. The van der Waals surface area contributed by atoms with Gasteiger partial charge in [0.15, 0.2) is 0 Å². The fourth-order valence-electron chi connectivity index (χ4n) is 3.07. The maximum absolute atomic E-state index is 12.4. The number of imide groups is 1. The molecule has 0 aromatic carbocycles. The highest BCUT2D eigenvalue weighted by molar-refractivity contribution is 6.07. The quantitative estimate of drug-likeness (QED) is 0.819. The molecule has 2 aliphatic rings. The molecule has 2 N–H and O–H groups in total. The first kappa shape index (κ1) is 14.5. The average molecular weight is 302 g/mol. The Bertz CT molecular complexity index is 596. The smallest absolute Gasteiger partial charge is 0.325 e. The van der Waals surface area contributed by atoms with Gasteiger partial charge in [0, 0.05) is 19.2 Å². The highest BCUT2D eigenvalue weighted by atomic mass is 16.2. The summed E-state index contributed by atoms with van der Waals surface area (Å²) in [4.78, 5) is 41.3. The molecule has 1 saturated carbocycles. The molecular weight excluding hydrogens is 284 g/mol. The first-order valence-electron chi connectivity index (χ1n) is 7.45. The van der Waals surface area contributed by atoms with Crippen LogP contribution >= 0.6 is 0 Å². The number of urea groups is 1. The Morgan fingerprint density at radius 2 is 2.14 bits per heavy atom. The Morgan fingerprint density at radius 3 is 2.82 bits per heavy atom. The minimum absolute atomic E-state index is 0.0735. The van der Waals surface area contributed by atoms with E-state index in [2.05, 4.69) is 15.6 Å². The van der Waals surface area contributed by atoms with Gasteiger partial charge in [-0.2, -0.15) is 0 Å². The third-order valence-electron chi connectivity index (χ3n) is 4.21. The minimum atomic E-state index is -0.711. The van der Waals surface area contributed by atoms with Gasteiger partial charge in [-0.15, -0.1) is 0 Å². The lowest BCUT2D eigenvalue weighted by Crippen LogP contribution is -2.44. The minimum Gasteiger partial charge on any atom is -0.325 e. The van der Waals surface area contributed by atoms with Gasteiger partial charge in [-0.1, -0.05) is 12.8 Å².